The van der Waals surface area contributed by atoms with E-state index in [9.17, 15) is 4.79 Å². The summed E-state index contributed by atoms with van der Waals surface area (Å²) in [6.07, 6.45) is 2.50. The van der Waals surface area contributed by atoms with Gasteiger partial charge in [-0.05, 0) is 0 Å². The van der Waals surface area contributed by atoms with E-state index in [4.69, 9.17) is 0 Å². The van der Waals surface area contributed by atoms with Crippen molar-refractivity contribution in [1.29, 1.82) is 0 Å². The Bertz CT molecular complexity index is 63.1. The molecule has 0 aliphatic carbocycles. The van der Waals surface area contributed by atoms with E-state index in [1.54, 1.807) is 0 Å². The lowest BCUT2D eigenvalue weighted by molar-refractivity contribution is -0.141. The molecule has 0 spiro atoms. The third kappa shape index (κ3) is 255. The lowest BCUT2D eigenvalue weighted by Crippen LogP contribution is -2.03. The van der Waals surface area contributed by atoms with Crippen molar-refractivity contribution >= 4 is 5.97 Å². The second-order valence-electron chi connectivity index (χ2n) is 2.02. The predicted octanol–water partition coefficient (Wildman–Crippen LogP) is 2.26. The number of carbonyl (C=O) groups is 1. The Morgan fingerprint density at radius 3 is 1.27 bits per heavy atom. The van der Waals surface area contributed by atoms with Gasteiger partial charge in [0, 0.05) is 6.92 Å². The fourth-order valence-electron chi connectivity index (χ4n) is 0. The summed E-state index contributed by atoms with van der Waals surface area (Å²) >= 11 is 0. The van der Waals surface area contributed by atoms with E-state index < -0.39 is 5.97 Å². The molecular formula is C8H21NO2. The summed E-state index contributed by atoms with van der Waals surface area (Å²) in [6.45, 7) is 9.74. The van der Waals surface area contributed by atoms with Crippen LogP contribution in [0.3, 0.4) is 0 Å². The van der Waals surface area contributed by atoms with Gasteiger partial charge in [0.15, 0.2) is 0 Å². The molecule has 0 aliphatic rings. The predicted molar refractivity (Wildman–Crippen MR) is 47.9 cm³/mol. The average molecular weight is 163 g/mol. The summed E-state index contributed by atoms with van der Waals surface area (Å²) in [6, 6.07) is 0. The largest absolute Gasteiger partial charge is 0.374 e. The minimum atomic E-state index is -0.468. The molecule has 3 heteroatoms. The van der Waals surface area contributed by atoms with E-state index in [0.717, 1.165) is 0 Å². The molecule has 2 N–H and O–H groups in total. The molecule has 11 heavy (non-hydrogen) atoms. The molecule has 0 saturated carbocycles. The van der Waals surface area contributed by atoms with Gasteiger partial charge in [-0.3, -0.25) is 4.79 Å². The summed E-state index contributed by atoms with van der Waals surface area (Å²) in [5.74, 6) is 3.85. The van der Waals surface area contributed by atoms with Gasteiger partial charge in [0.2, 0.25) is 0 Å². The molecule has 0 saturated heterocycles. The van der Waals surface area contributed by atoms with Gasteiger partial charge < -0.3 is 4.84 Å². The van der Waals surface area contributed by atoms with E-state index in [1.807, 2.05) is 0 Å². The molecule has 70 valence electrons. The Morgan fingerprint density at radius 1 is 1.18 bits per heavy atom. The second-order valence-corrected chi connectivity index (χ2v) is 2.02. The first-order valence-electron chi connectivity index (χ1n) is 3.97. The van der Waals surface area contributed by atoms with Crippen LogP contribution in [0.25, 0.3) is 0 Å². The van der Waals surface area contributed by atoms with Crippen LogP contribution in [0.1, 0.15) is 47.5 Å². The van der Waals surface area contributed by atoms with Crippen molar-refractivity contribution in [2.45, 2.75) is 47.5 Å². The van der Waals surface area contributed by atoms with Crippen LogP contribution in [-0.4, -0.2) is 5.97 Å². The number of hydrogen-bond donors (Lipinski definition) is 1. The van der Waals surface area contributed by atoms with Crippen LogP contribution in [0.5, 0.6) is 0 Å². The molecule has 0 radical (unpaired) electrons. The summed E-state index contributed by atoms with van der Waals surface area (Å²) in [5.41, 5.74) is 0. The highest BCUT2D eigenvalue weighted by atomic mass is 16.7. The summed E-state index contributed by atoms with van der Waals surface area (Å²) in [4.78, 5) is 13.1. The van der Waals surface area contributed by atoms with Gasteiger partial charge >= 0.3 is 5.97 Å². The standard InChI is InChI=1S/2C3H8.C2H5NO2/c2*1-3-2;1-2(4)5-3/h2*3H2,1-2H3;3H2,1H3. The smallest absolute Gasteiger partial charge is 0.321 e. The maximum atomic E-state index is 9.47. The maximum Gasteiger partial charge on any atom is 0.321 e. The Hall–Kier alpha value is -0.570. The SMILES string of the molecule is CC(=O)ON.CCC.CCC. The number of hydrogen-bond acceptors (Lipinski definition) is 3. The van der Waals surface area contributed by atoms with Gasteiger partial charge in [-0.25, -0.2) is 0 Å². The molecule has 0 rings (SSSR count). The normalized spacial score (nSPS) is 6.36. The van der Waals surface area contributed by atoms with Gasteiger partial charge in [-0.2, -0.15) is 5.90 Å². The van der Waals surface area contributed by atoms with E-state index in [0.29, 0.717) is 0 Å². The summed E-state index contributed by atoms with van der Waals surface area (Å²) < 4.78 is 0. The van der Waals surface area contributed by atoms with E-state index in [-0.39, 0.29) is 0 Å². The van der Waals surface area contributed by atoms with Gasteiger partial charge in [0.05, 0.1) is 0 Å². The van der Waals surface area contributed by atoms with Crippen LogP contribution in [0.2, 0.25) is 0 Å². The van der Waals surface area contributed by atoms with Crippen LogP contribution < -0.4 is 5.90 Å². The Labute approximate surface area is 69.9 Å². The summed E-state index contributed by atoms with van der Waals surface area (Å²) in [5, 5.41) is 0. The highest BCUT2D eigenvalue weighted by molar-refractivity contribution is 5.65. The third-order valence-electron chi connectivity index (χ3n) is 0.166. The fourth-order valence-corrected chi connectivity index (χ4v) is 0. The molecule has 0 aliphatic heterocycles. The van der Waals surface area contributed by atoms with Crippen molar-refractivity contribution in [3.63, 3.8) is 0 Å². The van der Waals surface area contributed by atoms with Crippen LogP contribution in [0, 0.1) is 0 Å². The summed E-state index contributed by atoms with van der Waals surface area (Å²) in [7, 11) is 0. The molecule has 0 unspecified atom stereocenters. The van der Waals surface area contributed by atoms with Gasteiger partial charge in [0.1, 0.15) is 0 Å². The van der Waals surface area contributed by atoms with Crippen LogP contribution in [-0.2, 0) is 9.63 Å². The third-order valence-corrected chi connectivity index (χ3v) is 0.166. The maximum absolute atomic E-state index is 9.47. The number of carbonyl (C=O) groups excluding carboxylic acids is 1. The molecular weight excluding hydrogens is 142 g/mol. The molecule has 0 aromatic heterocycles. The van der Waals surface area contributed by atoms with Gasteiger partial charge in [-0.15, -0.1) is 0 Å². The molecule has 0 aromatic carbocycles. The number of rotatable bonds is 0. The van der Waals surface area contributed by atoms with Crippen molar-refractivity contribution in [2.75, 3.05) is 0 Å². The number of nitrogens with two attached hydrogens (primary N) is 1. The lowest BCUT2D eigenvalue weighted by Gasteiger charge is -1.79. The van der Waals surface area contributed by atoms with E-state index in [1.165, 1.54) is 19.8 Å². The zero-order valence-electron chi connectivity index (χ0n) is 8.31. The van der Waals surface area contributed by atoms with Crippen molar-refractivity contribution in [3.8, 4) is 0 Å². The fraction of sp³-hybridized carbons (Fsp3) is 0.875. The van der Waals surface area contributed by atoms with Gasteiger partial charge in [-0.1, -0.05) is 40.5 Å². The van der Waals surface area contributed by atoms with Crippen molar-refractivity contribution in [1.82, 2.24) is 0 Å². The Kier molecular flexibility index (Phi) is 34.7. The topological polar surface area (TPSA) is 52.3 Å². The Balaban J connectivity index is -0.0000000933. The molecule has 0 atom stereocenters. The Morgan fingerprint density at radius 2 is 1.27 bits per heavy atom. The van der Waals surface area contributed by atoms with Crippen molar-refractivity contribution in [2.24, 2.45) is 5.90 Å². The highest BCUT2D eigenvalue weighted by Gasteiger charge is 1.77. The van der Waals surface area contributed by atoms with Crippen molar-refractivity contribution < 1.29 is 9.63 Å². The lowest BCUT2D eigenvalue weighted by atomic mass is 10.6. The zero-order chi connectivity index (χ0) is 9.70. The molecule has 3 nitrogen and oxygen atoms in total. The molecule has 0 fully saturated rings. The molecule has 0 aromatic rings. The van der Waals surface area contributed by atoms with Crippen LogP contribution in [0.4, 0.5) is 0 Å². The van der Waals surface area contributed by atoms with E-state index in [2.05, 4.69) is 38.4 Å². The molecule has 0 heterocycles. The first-order chi connectivity index (χ1) is 5.10. The zero-order valence-corrected chi connectivity index (χ0v) is 8.31. The first kappa shape index (κ1) is 16.8. The molecule has 0 bridgehead atoms. The minimum absolute atomic E-state index is 0.468. The van der Waals surface area contributed by atoms with E-state index >= 15 is 0 Å². The van der Waals surface area contributed by atoms with Crippen LogP contribution in [0.15, 0.2) is 0 Å². The van der Waals surface area contributed by atoms with Crippen molar-refractivity contribution in [3.05, 3.63) is 0 Å². The van der Waals surface area contributed by atoms with Crippen LogP contribution >= 0.6 is 0 Å². The average Bonchev–Trinajstić information content (AvgIpc) is 1.91. The highest BCUT2D eigenvalue weighted by Crippen LogP contribution is 1.56. The quantitative estimate of drug-likeness (QED) is 0.557. The minimum Gasteiger partial charge on any atom is -0.374 e. The molecule has 0 amide bonds. The monoisotopic (exact) mass is 163 g/mol. The van der Waals surface area contributed by atoms with Gasteiger partial charge in [0.25, 0.3) is 0 Å². The first-order valence-corrected chi connectivity index (χ1v) is 3.97. The second kappa shape index (κ2) is 22.7.